The first kappa shape index (κ1) is 17.6. The second-order valence-corrected chi connectivity index (χ2v) is 7.02. The molecule has 3 rings (SSSR count). The molecule has 0 saturated heterocycles. The highest BCUT2D eigenvalue weighted by atomic mass is 79.9. The summed E-state index contributed by atoms with van der Waals surface area (Å²) in [5, 5.41) is 19.1. The quantitative estimate of drug-likeness (QED) is 0.764. The van der Waals surface area contributed by atoms with E-state index in [4.69, 9.17) is 0 Å². The zero-order valence-corrected chi connectivity index (χ0v) is 14.8. The number of hydrogen-bond donors (Lipinski definition) is 2. The van der Waals surface area contributed by atoms with Crippen molar-refractivity contribution in [3.63, 3.8) is 0 Å². The molecule has 2 N–H and O–H groups in total. The van der Waals surface area contributed by atoms with Crippen molar-refractivity contribution >= 4 is 45.7 Å². The normalized spacial score (nSPS) is 21.2. The van der Waals surface area contributed by atoms with E-state index in [1.165, 1.54) is 6.20 Å². The van der Waals surface area contributed by atoms with Crippen LogP contribution in [0.25, 0.3) is 0 Å². The van der Waals surface area contributed by atoms with Gasteiger partial charge in [-0.1, -0.05) is 32.1 Å². The Morgan fingerprint density at radius 3 is 2.44 bits per heavy atom. The zero-order valence-electron chi connectivity index (χ0n) is 13.3. The Kier molecular flexibility index (Phi) is 4.89. The highest BCUT2D eigenvalue weighted by Crippen LogP contribution is 2.38. The Morgan fingerprint density at radius 2 is 1.84 bits per heavy atom. The van der Waals surface area contributed by atoms with Gasteiger partial charge >= 0.3 is 12.2 Å². The minimum atomic E-state index is -1.50. The predicted molar refractivity (Wildman–Crippen MR) is 90.7 cm³/mol. The number of nitrogens with zero attached hydrogens (tertiary/aromatic N) is 4. The minimum absolute atomic E-state index is 0.148. The van der Waals surface area contributed by atoms with Crippen LogP contribution in [0.5, 0.6) is 0 Å². The Hall–Kier alpha value is -2.23. The molecule has 2 heterocycles. The van der Waals surface area contributed by atoms with Crippen LogP contribution in [0.4, 0.5) is 21.2 Å². The average molecular weight is 413 g/mol. The molecule has 0 spiro atoms. The number of carbonyl (C=O) groups is 3. The van der Waals surface area contributed by atoms with Crippen molar-refractivity contribution in [2.45, 2.75) is 44.6 Å². The van der Waals surface area contributed by atoms with E-state index >= 15 is 0 Å². The SMILES string of the molecule is O=C(O)N1C(=O)C(CC2CCCCC2)N(C(=O)O)c2nc(Br)cnc21. The van der Waals surface area contributed by atoms with E-state index in [9.17, 15) is 24.6 Å². The van der Waals surface area contributed by atoms with E-state index in [1.807, 2.05) is 0 Å². The van der Waals surface area contributed by atoms with Gasteiger partial charge in [-0.3, -0.25) is 4.79 Å². The molecule has 1 atom stereocenters. The van der Waals surface area contributed by atoms with E-state index in [0.717, 1.165) is 37.0 Å². The fraction of sp³-hybridized carbons (Fsp3) is 0.533. The third kappa shape index (κ3) is 3.30. The van der Waals surface area contributed by atoms with Crippen molar-refractivity contribution < 1.29 is 24.6 Å². The van der Waals surface area contributed by atoms with Gasteiger partial charge in [-0.2, -0.15) is 4.90 Å². The van der Waals surface area contributed by atoms with Gasteiger partial charge in [0, 0.05) is 0 Å². The highest BCUT2D eigenvalue weighted by Gasteiger charge is 2.46. The number of fused-ring (bicyclic) bond motifs is 1. The summed E-state index contributed by atoms with van der Waals surface area (Å²) in [7, 11) is 0. The second kappa shape index (κ2) is 6.95. The average Bonchev–Trinajstić information content (AvgIpc) is 2.56. The smallest absolute Gasteiger partial charge is 0.420 e. The molecule has 1 aliphatic carbocycles. The molecule has 25 heavy (non-hydrogen) atoms. The molecule has 0 radical (unpaired) electrons. The molecule has 2 aliphatic rings. The first-order valence-corrected chi connectivity index (χ1v) is 8.81. The lowest BCUT2D eigenvalue weighted by molar-refractivity contribution is -0.120. The molecule has 1 fully saturated rings. The lowest BCUT2D eigenvalue weighted by Crippen LogP contribution is -2.58. The van der Waals surface area contributed by atoms with Crippen LogP contribution in [0.1, 0.15) is 38.5 Å². The maximum Gasteiger partial charge on any atom is 0.420 e. The largest absolute Gasteiger partial charge is 0.465 e. The molecule has 0 bridgehead atoms. The van der Waals surface area contributed by atoms with Crippen LogP contribution < -0.4 is 9.80 Å². The molecular formula is C15H17BrN4O5. The standard InChI is InChI=1S/C15H17BrN4O5/c16-10-7-17-11-12(18-10)19(14(22)23)9(13(21)20(11)15(24)25)6-8-4-2-1-3-5-8/h7-9H,1-6H2,(H,22,23)(H,24,25). The molecule has 1 unspecified atom stereocenters. The van der Waals surface area contributed by atoms with Crippen LogP contribution in [0, 0.1) is 5.92 Å². The van der Waals surface area contributed by atoms with Gasteiger partial charge in [0.1, 0.15) is 10.6 Å². The molecule has 1 aliphatic heterocycles. The number of imide groups is 1. The van der Waals surface area contributed by atoms with Crippen LogP contribution in [0.15, 0.2) is 10.8 Å². The molecule has 1 aromatic heterocycles. The van der Waals surface area contributed by atoms with Gasteiger partial charge in [0.05, 0.1) is 6.20 Å². The van der Waals surface area contributed by atoms with Crippen LogP contribution in [-0.2, 0) is 4.79 Å². The summed E-state index contributed by atoms with van der Waals surface area (Å²) in [4.78, 5) is 45.5. The van der Waals surface area contributed by atoms with Crippen molar-refractivity contribution in [3.05, 3.63) is 10.8 Å². The molecule has 1 aromatic rings. The highest BCUT2D eigenvalue weighted by molar-refractivity contribution is 9.10. The van der Waals surface area contributed by atoms with Gasteiger partial charge in [-0.25, -0.2) is 24.5 Å². The van der Waals surface area contributed by atoms with Crippen molar-refractivity contribution in [1.29, 1.82) is 0 Å². The van der Waals surface area contributed by atoms with E-state index in [0.29, 0.717) is 4.90 Å². The van der Waals surface area contributed by atoms with E-state index < -0.39 is 24.1 Å². The molecule has 3 amide bonds. The monoisotopic (exact) mass is 412 g/mol. The van der Waals surface area contributed by atoms with Crippen LogP contribution >= 0.6 is 15.9 Å². The number of anilines is 2. The maximum absolute atomic E-state index is 12.8. The predicted octanol–water partition coefficient (Wildman–Crippen LogP) is 3.09. The van der Waals surface area contributed by atoms with E-state index in [1.54, 1.807) is 0 Å². The van der Waals surface area contributed by atoms with Crippen LogP contribution in [0.3, 0.4) is 0 Å². The van der Waals surface area contributed by atoms with Gasteiger partial charge in [0.25, 0.3) is 5.91 Å². The number of carbonyl (C=O) groups excluding carboxylic acids is 1. The van der Waals surface area contributed by atoms with Crippen molar-refractivity contribution in [2.24, 2.45) is 5.92 Å². The lowest BCUT2D eigenvalue weighted by Gasteiger charge is -2.38. The first-order chi connectivity index (χ1) is 11.9. The molecule has 9 nitrogen and oxygen atoms in total. The summed E-state index contributed by atoms with van der Waals surface area (Å²) in [5.74, 6) is -1.06. The summed E-state index contributed by atoms with van der Waals surface area (Å²) >= 11 is 3.11. The third-order valence-electron chi connectivity index (χ3n) is 4.64. The first-order valence-electron chi connectivity index (χ1n) is 8.01. The topological polar surface area (TPSA) is 124 Å². The van der Waals surface area contributed by atoms with Crippen LogP contribution in [0.2, 0.25) is 0 Å². The van der Waals surface area contributed by atoms with Gasteiger partial charge in [0.15, 0.2) is 11.6 Å². The van der Waals surface area contributed by atoms with Gasteiger partial charge in [-0.15, -0.1) is 0 Å². The Bertz CT molecular complexity index is 722. The number of aromatic nitrogens is 2. The molecule has 10 heteroatoms. The van der Waals surface area contributed by atoms with Gasteiger partial charge in [0.2, 0.25) is 0 Å². The van der Waals surface area contributed by atoms with E-state index in [2.05, 4.69) is 25.9 Å². The zero-order chi connectivity index (χ0) is 18.1. The number of amides is 3. The maximum atomic E-state index is 12.8. The number of rotatable bonds is 2. The Labute approximate surface area is 151 Å². The summed E-state index contributed by atoms with van der Waals surface area (Å²) in [6.07, 6.45) is 3.65. The lowest BCUT2D eigenvalue weighted by atomic mass is 9.84. The minimum Gasteiger partial charge on any atom is -0.465 e. The number of carboxylic acid groups (broad SMARTS) is 2. The molecular weight excluding hydrogens is 396 g/mol. The summed E-state index contributed by atoms with van der Waals surface area (Å²) in [6.45, 7) is 0. The van der Waals surface area contributed by atoms with Crippen molar-refractivity contribution in [2.75, 3.05) is 9.80 Å². The number of halogens is 1. The van der Waals surface area contributed by atoms with Gasteiger partial charge in [-0.05, 0) is 28.3 Å². The Balaban J connectivity index is 2.04. The molecule has 1 saturated carbocycles. The fourth-order valence-electron chi connectivity index (χ4n) is 3.54. The summed E-state index contributed by atoms with van der Waals surface area (Å²) < 4.78 is 0.258. The second-order valence-electron chi connectivity index (χ2n) is 6.20. The van der Waals surface area contributed by atoms with Crippen LogP contribution in [-0.4, -0.2) is 44.3 Å². The van der Waals surface area contributed by atoms with Crippen molar-refractivity contribution in [3.8, 4) is 0 Å². The molecule has 0 aromatic carbocycles. The van der Waals surface area contributed by atoms with E-state index in [-0.39, 0.29) is 28.6 Å². The van der Waals surface area contributed by atoms with Gasteiger partial charge < -0.3 is 10.2 Å². The summed E-state index contributed by atoms with van der Waals surface area (Å²) in [6, 6.07) is -1.12. The Morgan fingerprint density at radius 1 is 1.16 bits per heavy atom. The molecule has 134 valence electrons. The third-order valence-corrected chi connectivity index (χ3v) is 5.02. The number of hydrogen-bond acceptors (Lipinski definition) is 5. The summed E-state index contributed by atoms with van der Waals surface area (Å²) in [5.41, 5.74) is 0. The van der Waals surface area contributed by atoms with Crippen molar-refractivity contribution in [1.82, 2.24) is 9.97 Å². The fourth-order valence-corrected chi connectivity index (χ4v) is 3.81.